The van der Waals surface area contributed by atoms with Crippen LogP contribution in [0.15, 0.2) is 43.0 Å². The lowest BCUT2D eigenvalue weighted by Crippen LogP contribution is -2.01. The molecule has 0 amide bonds. The zero-order valence-corrected chi connectivity index (χ0v) is 17.4. The normalized spacial score (nSPS) is 10.7. The minimum Gasteiger partial charge on any atom is -0.497 e. The van der Waals surface area contributed by atoms with E-state index in [0.29, 0.717) is 0 Å². The first kappa shape index (κ1) is 25.0. The number of aromatic nitrogens is 1. The van der Waals surface area contributed by atoms with Gasteiger partial charge in [0.2, 0.25) is 0 Å². The SMILES string of the molecule is C#CC(Cl)C=C.C/C=C/C=O.COc1ccc2c(c1)c(CC(=O)O)c(C)n2C. The number of nitrogens with zero attached hydrogens (tertiary/aromatic N) is 1. The summed E-state index contributed by atoms with van der Waals surface area (Å²) in [5, 5.41) is 9.60. The van der Waals surface area contributed by atoms with Crippen LogP contribution >= 0.6 is 11.6 Å². The van der Waals surface area contributed by atoms with Gasteiger partial charge < -0.3 is 14.4 Å². The topological polar surface area (TPSA) is 68.5 Å². The highest BCUT2D eigenvalue weighted by molar-refractivity contribution is 6.23. The second kappa shape index (κ2) is 13.2. The fourth-order valence-corrected chi connectivity index (χ4v) is 2.28. The molecular formula is C22H26ClNO4. The van der Waals surface area contributed by atoms with Gasteiger partial charge in [0, 0.05) is 23.6 Å². The molecule has 1 unspecified atom stereocenters. The van der Waals surface area contributed by atoms with Crippen molar-refractivity contribution in [2.24, 2.45) is 7.05 Å². The number of carbonyl (C=O) groups is 2. The van der Waals surface area contributed by atoms with Crippen LogP contribution in [0.25, 0.3) is 10.9 Å². The number of rotatable bonds is 5. The third-order valence-electron chi connectivity index (χ3n) is 3.80. The van der Waals surface area contributed by atoms with E-state index in [0.717, 1.165) is 34.2 Å². The van der Waals surface area contributed by atoms with Gasteiger partial charge in [0.15, 0.2) is 0 Å². The quantitative estimate of drug-likeness (QED) is 0.266. The number of carboxylic acids is 1. The highest BCUT2D eigenvalue weighted by Gasteiger charge is 2.14. The standard InChI is InChI=1S/C13H15NO3.C5H5Cl.C4H6O/c1-8-10(7-13(15)16)11-6-9(17-3)4-5-12(11)14(8)2;1-3-5(6)4-2;1-2-3-4-5/h4-6H,7H2,1-3H3,(H,15,16);1,4-5H,2H2;2-4H,1H3/b;;3-2+. The molecular weight excluding hydrogens is 378 g/mol. The van der Waals surface area contributed by atoms with Crippen molar-refractivity contribution in [3.05, 3.63) is 54.3 Å². The summed E-state index contributed by atoms with van der Waals surface area (Å²) in [6.45, 7) is 7.09. The van der Waals surface area contributed by atoms with Crippen molar-refractivity contribution < 1.29 is 19.4 Å². The van der Waals surface area contributed by atoms with Crippen LogP contribution < -0.4 is 4.74 Å². The van der Waals surface area contributed by atoms with E-state index in [4.69, 9.17) is 27.9 Å². The fourth-order valence-electron chi connectivity index (χ4n) is 2.28. The summed E-state index contributed by atoms with van der Waals surface area (Å²) in [6, 6.07) is 5.72. The van der Waals surface area contributed by atoms with Gasteiger partial charge in [-0.3, -0.25) is 9.59 Å². The van der Waals surface area contributed by atoms with E-state index < -0.39 is 5.97 Å². The molecule has 0 radical (unpaired) electrons. The summed E-state index contributed by atoms with van der Waals surface area (Å²) >= 11 is 5.30. The number of methoxy groups -OCH3 is 1. The van der Waals surface area contributed by atoms with Crippen LogP contribution in [-0.4, -0.2) is 34.4 Å². The Morgan fingerprint density at radius 3 is 2.50 bits per heavy atom. The highest BCUT2D eigenvalue weighted by Crippen LogP contribution is 2.28. The number of carboxylic acid groups (broad SMARTS) is 1. The smallest absolute Gasteiger partial charge is 0.307 e. The largest absolute Gasteiger partial charge is 0.497 e. The first-order chi connectivity index (χ1) is 13.3. The number of aldehydes is 1. The number of carbonyl (C=O) groups excluding carboxylic acids is 1. The van der Waals surface area contributed by atoms with Crippen molar-refractivity contribution in [3.8, 4) is 18.1 Å². The molecule has 1 atom stereocenters. The summed E-state index contributed by atoms with van der Waals surface area (Å²) in [7, 11) is 3.54. The third-order valence-corrected chi connectivity index (χ3v) is 4.10. The van der Waals surface area contributed by atoms with Crippen molar-refractivity contribution >= 4 is 34.8 Å². The number of allylic oxidation sites excluding steroid dienone is 3. The van der Waals surface area contributed by atoms with E-state index in [1.54, 1.807) is 20.1 Å². The minimum atomic E-state index is -0.816. The third kappa shape index (κ3) is 7.73. The lowest BCUT2D eigenvalue weighted by molar-refractivity contribution is -0.136. The molecule has 0 saturated carbocycles. The van der Waals surface area contributed by atoms with Gasteiger partial charge in [-0.1, -0.05) is 18.1 Å². The number of terminal acetylenes is 1. The summed E-state index contributed by atoms with van der Waals surface area (Å²) in [5.41, 5.74) is 2.86. The number of benzene rings is 1. The Labute approximate surface area is 171 Å². The zero-order valence-electron chi connectivity index (χ0n) is 16.6. The number of hydrogen-bond donors (Lipinski definition) is 1. The molecule has 5 nitrogen and oxygen atoms in total. The molecule has 1 aromatic heterocycles. The van der Waals surface area contributed by atoms with Crippen LogP contribution in [0.1, 0.15) is 18.2 Å². The number of hydrogen-bond acceptors (Lipinski definition) is 3. The number of ether oxygens (including phenoxy) is 1. The van der Waals surface area contributed by atoms with Gasteiger partial charge in [-0.15, -0.1) is 24.6 Å². The Bertz CT molecular complexity index is 875. The van der Waals surface area contributed by atoms with Gasteiger partial charge in [-0.2, -0.15) is 0 Å². The maximum absolute atomic E-state index is 10.9. The first-order valence-electron chi connectivity index (χ1n) is 8.40. The number of fused-ring (bicyclic) bond motifs is 1. The van der Waals surface area contributed by atoms with E-state index >= 15 is 0 Å². The number of halogens is 1. The average molecular weight is 404 g/mol. The molecule has 0 aliphatic heterocycles. The van der Waals surface area contributed by atoms with Crippen LogP contribution in [0, 0.1) is 19.3 Å². The molecule has 1 aromatic carbocycles. The predicted molar refractivity (Wildman–Crippen MR) is 115 cm³/mol. The van der Waals surface area contributed by atoms with Crippen molar-refractivity contribution in [3.63, 3.8) is 0 Å². The Morgan fingerprint density at radius 2 is 2.14 bits per heavy atom. The Hall–Kier alpha value is -2.97. The molecule has 0 aliphatic rings. The molecule has 28 heavy (non-hydrogen) atoms. The molecule has 2 aromatic rings. The molecule has 0 fully saturated rings. The lowest BCUT2D eigenvalue weighted by Gasteiger charge is -2.01. The summed E-state index contributed by atoms with van der Waals surface area (Å²) in [4.78, 5) is 20.2. The molecule has 0 bridgehead atoms. The zero-order chi connectivity index (χ0) is 21.7. The second-order valence-corrected chi connectivity index (χ2v) is 6.01. The Morgan fingerprint density at radius 1 is 1.50 bits per heavy atom. The van der Waals surface area contributed by atoms with Crippen molar-refractivity contribution in [2.75, 3.05) is 7.11 Å². The molecule has 0 saturated heterocycles. The van der Waals surface area contributed by atoms with Crippen LogP contribution in [0.5, 0.6) is 5.75 Å². The van der Waals surface area contributed by atoms with Crippen LogP contribution in [0.2, 0.25) is 0 Å². The van der Waals surface area contributed by atoms with Crippen molar-refractivity contribution in [1.29, 1.82) is 0 Å². The van der Waals surface area contributed by atoms with Crippen LogP contribution in [-0.2, 0) is 23.1 Å². The minimum absolute atomic E-state index is 0.0380. The monoisotopic (exact) mass is 403 g/mol. The van der Waals surface area contributed by atoms with Gasteiger partial charge in [0.1, 0.15) is 17.4 Å². The van der Waals surface area contributed by atoms with E-state index in [1.807, 2.05) is 36.7 Å². The van der Waals surface area contributed by atoms with Crippen molar-refractivity contribution in [2.45, 2.75) is 25.6 Å². The van der Waals surface area contributed by atoms with Gasteiger partial charge >= 0.3 is 5.97 Å². The van der Waals surface area contributed by atoms with Crippen molar-refractivity contribution in [1.82, 2.24) is 4.57 Å². The summed E-state index contributed by atoms with van der Waals surface area (Å²) in [6.07, 6.45) is 10.3. The number of aliphatic carboxylic acids is 1. The molecule has 0 aliphatic carbocycles. The van der Waals surface area contributed by atoms with Gasteiger partial charge in [-0.25, -0.2) is 0 Å². The Kier molecular flexibility index (Phi) is 11.8. The number of alkyl halides is 1. The Balaban J connectivity index is 0.000000550. The van der Waals surface area contributed by atoms with Gasteiger partial charge in [0.25, 0.3) is 0 Å². The average Bonchev–Trinajstić information content (AvgIpc) is 2.92. The van der Waals surface area contributed by atoms with Gasteiger partial charge in [-0.05, 0) is 43.7 Å². The highest BCUT2D eigenvalue weighted by atomic mass is 35.5. The maximum atomic E-state index is 10.9. The van der Waals surface area contributed by atoms with E-state index in [9.17, 15) is 9.59 Å². The number of aryl methyl sites for hydroxylation is 1. The lowest BCUT2D eigenvalue weighted by atomic mass is 10.1. The molecule has 1 N–H and O–H groups in total. The molecule has 150 valence electrons. The van der Waals surface area contributed by atoms with Crippen LogP contribution in [0.4, 0.5) is 0 Å². The van der Waals surface area contributed by atoms with Gasteiger partial charge in [0.05, 0.1) is 13.5 Å². The molecule has 0 spiro atoms. The second-order valence-electron chi connectivity index (χ2n) is 5.54. The van der Waals surface area contributed by atoms with E-state index in [2.05, 4.69) is 12.5 Å². The predicted octanol–water partition coefficient (Wildman–Crippen LogP) is 4.30. The molecule has 6 heteroatoms. The summed E-state index contributed by atoms with van der Waals surface area (Å²) in [5.74, 6) is 2.19. The van der Waals surface area contributed by atoms with E-state index in [-0.39, 0.29) is 11.8 Å². The molecule has 1 heterocycles. The maximum Gasteiger partial charge on any atom is 0.307 e. The van der Waals surface area contributed by atoms with Crippen LogP contribution in [0.3, 0.4) is 0 Å². The first-order valence-corrected chi connectivity index (χ1v) is 8.83. The van der Waals surface area contributed by atoms with E-state index in [1.165, 1.54) is 12.2 Å². The summed E-state index contributed by atoms with van der Waals surface area (Å²) < 4.78 is 7.18. The fraction of sp³-hybridized carbons (Fsp3) is 0.273. The molecule has 2 rings (SSSR count).